The number of rotatable bonds is 4. The third kappa shape index (κ3) is 3.28. The minimum Gasteiger partial charge on any atom is -0.350 e. The zero-order valence-corrected chi connectivity index (χ0v) is 14.6. The van der Waals surface area contributed by atoms with E-state index in [1.165, 1.54) is 5.56 Å². The lowest BCUT2D eigenvalue weighted by molar-refractivity contribution is 0.0984. The summed E-state index contributed by atoms with van der Waals surface area (Å²) >= 11 is 0. The van der Waals surface area contributed by atoms with Crippen LogP contribution in [0.5, 0.6) is 0 Å². The summed E-state index contributed by atoms with van der Waals surface area (Å²) in [6, 6.07) is 19.8. The number of amides is 1. The van der Waals surface area contributed by atoms with Gasteiger partial charge in [-0.15, -0.1) is 0 Å². The van der Waals surface area contributed by atoms with Crippen molar-refractivity contribution >= 4 is 17.5 Å². The lowest BCUT2D eigenvalue weighted by Crippen LogP contribution is -2.30. The van der Waals surface area contributed by atoms with Gasteiger partial charge in [0, 0.05) is 24.5 Å². The Morgan fingerprint density at radius 1 is 1.08 bits per heavy atom. The van der Waals surface area contributed by atoms with Crippen molar-refractivity contribution in [2.75, 3.05) is 16.8 Å². The van der Waals surface area contributed by atoms with Crippen LogP contribution in [0.2, 0.25) is 0 Å². The molecule has 0 aliphatic carbocycles. The molecule has 5 nitrogen and oxygen atoms in total. The molecule has 0 bridgehead atoms. The normalized spacial score (nSPS) is 12.7. The summed E-state index contributed by atoms with van der Waals surface area (Å²) < 4.78 is 0. The SMILES string of the molecule is Cc1cc(C(=O)N2CCc3ccccc32)nc(NCc2ccccc2)n1. The fourth-order valence-electron chi connectivity index (χ4n) is 3.22. The summed E-state index contributed by atoms with van der Waals surface area (Å²) in [4.78, 5) is 23.7. The number of benzene rings is 2. The van der Waals surface area contributed by atoms with Gasteiger partial charge in [0.2, 0.25) is 5.95 Å². The Bertz CT molecular complexity index is 940. The Hall–Kier alpha value is -3.21. The molecule has 1 aliphatic rings. The first-order chi connectivity index (χ1) is 12.7. The summed E-state index contributed by atoms with van der Waals surface area (Å²) in [6.07, 6.45) is 0.880. The Labute approximate surface area is 152 Å². The van der Waals surface area contributed by atoms with Gasteiger partial charge in [-0.25, -0.2) is 9.97 Å². The van der Waals surface area contributed by atoms with E-state index in [4.69, 9.17) is 0 Å². The maximum absolute atomic E-state index is 13.0. The number of fused-ring (bicyclic) bond motifs is 1. The van der Waals surface area contributed by atoms with E-state index in [0.717, 1.165) is 23.4 Å². The van der Waals surface area contributed by atoms with Gasteiger partial charge in [0.15, 0.2) is 0 Å². The van der Waals surface area contributed by atoms with Crippen molar-refractivity contribution < 1.29 is 4.79 Å². The molecule has 1 aliphatic heterocycles. The quantitative estimate of drug-likeness (QED) is 0.786. The minimum atomic E-state index is -0.0804. The molecular weight excluding hydrogens is 324 g/mol. The van der Waals surface area contributed by atoms with Crippen molar-refractivity contribution in [3.8, 4) is 0 Å². The third-order valence-corrected chi connectivity index (χ3v) is 4.50. The molecule has 1 N–H and O–H groups in total. The first-order valence-corrected chi connectivity index (χ1v) is 8.74. The van der Waals surface area contributed by atoms with E-state index in [1.54, 1.807) is 11.0 Å². The summed E-state index contributed by atoms with van der Waals surface area (Å²) in [6.45, 7) is 3.18. The molecule has 3 aromatic rings. The Morgan fingerprint density at radius 3 is 2.69 bits per heavy atom. The van der Waals surface area contributed by atoms with E-state index in [0.29, 0.717) is 24.7 Å². The molecule has 0 fully saturated rings. The Balaban J connectivity index is 1.55. The lowest BCUT2D eigenvalue weighted by atomic mass is 10.2. The zero-order chi connectivity index (χ0) is 17.9. The van der Waals surface area contributed by atoms with Crippen LogP contribution in [-0.4, -0.2) is 22.4 Å². The number of para-hydroxylation sites is 1. The molecule has 4 rings (SSSR count). The number of carbonyl (C=O) groups excluding carboxylic acids is 1. The zero-order valence-electron chi connectivity index (χ0n) is 14.6. The van der Waals surface area contributed by atoms with Gasteiger partial charge >= 0.3 is 0 Å². The van der Waals surface area contributed by atoms with Crippen LogP contribution in [0, 0.1) is 6.92 Å². The van der Waals surface area contributed by atoms with Crippen LogP contribution in [0.15, 0.2) is 60.7 Å². The van der Waals surface area contributed by atoms with Crippen LogP contribution in [0.25, 0.3) is 0 Å². The van der Waals surface area contributed by atoms with Crippen molar-refractivity contribution in [1.82, 2.24) is 9.97 Å². The van der Waals surface area contributed by atoms with E-state index in [2.05, 4.69) is 21.4 Å². The van der Waals surface area contributed by atoms with Crippen LogP contribution in [0.3, 0.4) is 0 Å². The maximum atomic E-state index is 13.0. The monoisotopic (exact) mass is 344 g/mol. The van der Waals surface area contributed by atoms with Gasteiger partial charge in [-0.05, 0) is 36.6 Å². The molecule has 0 radical (unpaired) electrons. The molecule has 0 atom stereocenters. The second-order valence-electron chi connectivity index (χ2n) is 6.39. The highest BCUT2D eigenvalue weighted by atomic mass is 16.2. The van der Waals surface area contributed by atoms with Crippen LogP contribution in [0.1, 0.15) is 27.3 Å². The minimum absolute atomic E-state index is 0.0804. The van der Waals surface area contributed by atoms with Crippen molar-refractivity contribution in [2.24, 2.45) is 0 Å². The number of carbonyl (C=O) groups is 1. The van der Waals surface area contributed by atoms with Crippen molar-refractivity contribution in [1.29, 1.82) is 0 Å². The van der Waals surface area contributed by atoms with Gasteiger partial charge in [-0.3, -0.25) is 4.79 Å². The van der Waals surface area contributed by atoms with E-state index < -0.39 is 0 Å². The summed E-state index contributed by atoms with van der Waals surface area (Å²) in [7, 11) is 0. The molecule has 2 heterocycles. The standard InChI is InChI=1S/C21H20N4O/c1-15-13-18(20(26)25-12-11-17-9-5-6-10-19(17)25)24-21(23-15)22-14-16-7-3-2-4-8-16/h2-10,13H,11-12,14H2,1H3,(H,22,23,24). The lowest BCUT2D eigenvalue weighted by Gasteiger charge is -2.17. The van der Waals surface area contributed by atoms with Gasteiger partial charge in [0.1, 0.15) is 5.69 Å². The average Bonchev–Trinajstić information content (AvgIpc) is 3.10. The third-order valence-electron chi connectivity index (χ3n) is 4.50. The Kier molecular flexibility index (Phi) is 4.35. The fraction of sp³-hybridized carbons (Fsp3) is 0.190. The van der Waals surface area contributed by atoms with Crippen LogP contribution in [-0.2, 0) is 13.0 Å². The molecule has 0 saturated carbocycles. The van der Waals surface area contributed by atoms with Crippen LogP contribution < -0.4 is 10.2 Å². The van der Waals surface area contributed by atoms with Crippen molar-refractivity contribution in [2.45, 2.75) is 19.9 Å². The molecule has 2 aromatic carbocycles. The molecule has 0 spiro atoms. The number of anilines is 2. The van der Waals surface area contributed by atoms with E-state index in [1.807, 2.05) is 55.5 Å². The molecule has 1 amide bonds. The highest BCUT2D eigenvalue weighted by Crippen LogP contribution is 2.28. The van der Waals surface area contributed by atoms with Gasteiger partial charge in [-0.1, -0.05) is 48.5 Å². The average molecular weight is 344 g/mol. The van der Waals surface area contributed by atoms with Crippen LogP contribution in [0.4, 0.5) is 11.6 Å². The molecule has 0 unspecified atom stereocenters. The van der Waals surface area contributed by atoms with Crippen molar-refractivity contribution in [3.05, 3.63) is 83.2 Å². The predicted molar refractivity (Wildman–Crippen MR) is 102 cm³/mol. The second kappa shape index (κ2) is 6.96. The fourth-order valence-corrected chi connectivity index (χ4v) is 3.22. The molecule has 0 saturated heterocycles. The molecule has 130 valence electrons. The van der Waals surface area contributed by atoms with Gasteiger partial charge in [0.05, 0.1) is 0 Å². The highest BCUT2D eigenvalue weighted by molar-refractivity contribution is 6.06. The Morgan fingerprint density at radius 2 is 1.85 bits per heavy atom. The second-order valence-corrected chi connectivity index (χ2v) is 6.39. The largest absolute Gasteiger partial charge is 0.350 e. The summed E-state index contributed by atoms with van der Waals surface area (Å²) in [5.41, 5.74) is 4.51. The predicted octanol–water partition coefficient (Wildman–Crippen LogP) is 3.60. The van der Waals surface area contributed by atoms with E-state index >= 15 is 0 Å². The maximum Gasteiger partial charge on any atom is 0.277 e. The topological polar surface area (TPSA) is 58.1 Å². The van der Waals surface area contributed by atoms with E-state index in [9.17, 15) is 4.79 Å². The van der Waals surface area contributed by atoms with Crippen molar-refractivity contribution in [3.63, 3.8) is 0 Å². The smallest absolute Gasteiger partial charge is 0.277 e. The molecule has 26 heavy (non-hydrogen) atoms. The van der Waals surface area contributed by atoms with Gasteiger partial charge < -0.3 is 10.2 Å². The summed E-state index contributed by atoms with van der Waals surface area (Å²) in [5, 5.41) is 3.21. The van der Waals surface area contributed by atoms with Gasteiger partial charge in [0.25, 0.3) is 5.91 Å². The van der Waals surface area contributed by atoms with E-state index in [-0.39, 0.29) is 5.91 Å². The van der Waals surface area contributed by atoms with Crippen LogP contribution >= 0.6 is 0 Å². The summed E-state index contributed by atoms with van der Waals surface area (Å²) in [5.74, 6) is 0.396. The number of aromatic nitrogens is 2. The molecule has 5 heteroatoms. The number of nitrogens with zero attached hydrogens (tertiary/aromatic N) is 3. The van der Waals surface area contributed by atoms with Gasteiger partial charge in [-0.2, -0.15) is 0 Å². The number of hydrogen-bond acceptors (Lipinski definition) is 4. The number of nitrogens with one attached hydrogen (secondary N) is 1. The first-order valence-electron chi connectivity index (χ1n) is 8.74. The number of hydrogen-bond donors (Lipinski definition) is 1. The molecular formula is C21H20N4O. The highest BCUT2D eigenvalue weighted by Gasteiger charge is 2.26. The number of aryl methyl sites for hydroxylation is 1. The molecule has 1 aromatic heterocycles. The first kappa shape index (κ1) is 16.3.